The van der Waals surface area contributed by atoms with Crippen molar-refractivity contribution in [3.05, 3.63) is 0 Å². The number of nitrogens with one attached hydrogen (secondary N) is 3. The maximum atomic E-state index is 13.1. The van der Waals surface area contributed by atoms with Crippen molar-refractivity contribution in [3.8, 4) is 0 Å². The summed E-state index contributed by atoms with van der Waals surface area (Å²) in [6.07, 6.45) is 3.21. The van der Waals surface area contributed by atoms with Crippen LogP contribution in [0.2, 0.25) is 0 Å². The summed E-state index contributed by atoms with van der Waals surface area (Å²) in [7, 11) is 0. The minimum absolute atomic E-state index is 0.0107. The minimum atomic E-state index is -1.12. The molecule has 23 heavy (non-hydrogen) atoms. The van der Waals surface area contributed by atoms with Gasteiger partial charge in [-0.05, 0) is 0 Å². The molecule has 1 amide bonds. The van der Waals surface area contributed by atoms with E-state index in [4.69, 9.17) is 4.74 Å². The van der Waals surface area contributed by atoms with Crippen molar-refractivity contribution in [1.29, 1.82) is 0 Å². The molecular formula is C15H22I2N3O3-. The van der Waals surface area contributed by atoms with Gasteiger partial charge in [-0.1, -0.05) is 0 Å². The van der Waals surface area contributed by atoms with Gasteiger partial charge in [-0.15, -0.1) is 0 Å². The van der Waals surface area contributed by atoms with Gasteiger partial charge in [-0.3, -0.25) is 0 Å². The Morgan fingerprint density at radius 3 is 2.83 bits per heavy atom. The Kier molecular flexibility index (Phi) is 3.34. The number of cyclic esters (lactones) is 1. The van der Waals surface area contributed by atoms with E-state index in [1.54, 1.807) is 0 Å². The molecule has 3 aliphatic carbocycles. The van der Waals surface area contributed by atoms with Gasteiger partial charge in [0.05, 0.1) is 0 Å². The van der Waals surface area contributed by atoms with Gasteiger partial charge in [-0.2, -0.15) is 0 Å². The van der Waals surface area contributed by atoms with Crippen LogP contribution in [0.4, 0.5) is 0 Å². The zero-order valence-corrected chi connectivity index (χ0v) is 17.5. The number of amides is 1. The summed E-state index contributed by atoms with van der Waals surface area (Å²) in [4.78, 5) is 27.3. The van der Waals surface area contributed by atoms with Crippen LogP contribution >= 0.6 is 20.4 Å². The van der Waals surface area contributed by atoms with E-state index in [1.807, 2.05) is 0 Å². The SMILES string of the molecule is C[I-]C(C)(C(=O)NC1CC2CCC1C1COC(=O)C21)C12NI1N2. The Bertz CT molecular complexity index is 597. The monoisotopic (exact) mass is 546 g/mol. The van der Waals surface area contributed by atoms with Crippen LogP contribution < -0.4 is 33.6 Å². The maximum absolute atomic E-state index is 13.1. The summed E-state index contributed by atoms with van der Waals surface area (Å²) in [5.74, 6) is 1.53. The Morgan fingerprint density at radius 2 is 2.17 bits per heavy atom. The standard InChI is InChI=1S/C15H22I2N3O3/c1-14(16-2,15-17(19-15)20-15)13(22)18-10-5-7-3-4-8(10)9-6-23-12(21)11(7)9/h7-11,19-20H,3-6H2,1-2H3,(H,18,22)/q-1. The Morgan fingerprint density at radius 1 is 1.43 bits per heavy atom. The van der Waals surface area contributed by atoms with E-state index in [2.05, 4.69) is 24.2 Å². The molecule has 2 bridgehead atoms. The summed E-state index contributed by atoms with van der Waals surface area (Å²) < 4.78 is 12.2. The van der Waals surface area contributed by atoms with E-state index in [1.165, 1.54) is 0 Å². The number of alkyl halides is 3. The van der Waals surface area contributed by atoms with Crippen molar-refractivity contribution in [2.75, 3.05) is 11.5 Å². The number of carbonyl (C=O) groups excluding carboxylic acids is 2. The fraction of sp³-hybridized carbons (Fsp3) is 0.867. The van der Waals surface area contributed by atoms with Gasteiger partial charge >= 0.3 is 155 Å². The van der Waals surface area contributed by atoms with E-state index in [-0.39, 0.29) is 52.1 Å². The van der Waals surface area contributed by atoms with Gasteiger partial charge in [0, 0.05) is 0 Å². The second kappa shape index (κ2) is 4.94. The van der Waals surface area contributed by atoms with Crippen LogP contribution in [0.1, 0.15) is 26.2 Å². The third kappa shape index (κ3) is 1.97. The van der Waals surface area contributed by atoms with Gasteiger partial charge < -0.3 is 0 Å². The average Bonchev–Trinajstić information content (AvgIpc) is 3.39. The molecule has 6 atom stereocenters. The molecule has 0 radical (unpaired) electrons. The van der Waals surface area contributed by atoms with Gasteiger partial charge in [0.1, 0.15) is 0 Å². The number of ether oxygens (including phenoxy) is 1. The quantitative estimate of drug-likeness (QED) is 0.0896. The van der Waals surface area contributed by atoms with Gasteiger partial charge in [0.25, 0.3) is 0 Å². The fourth-order valence-electron chi connectivity index (χ4n) is 4.97. The number of rotatable bonds is 4. The molecule has 6 rings (SSSR count). The topological polar surface area (TPSA) is 99.3 Å². The van der Waals surface area contributed by atoms with Crippen molar-refractivity contribution in [3.63, 3.8) is 0 Å². The second-order valence-corrected chi connectivity index (χ2v) is 15.0. The molecule has 130 valence electrons. The molecular weight excluding hydrogens is 524 g/mol. The number of halogens is 2. The first-order valence-corrected chi connectivity index (χ1v) is 14.7. The van der Waals surface area contributed by atoms with E-state index >= 15 is 0 Å². The molecule has 3 saturated heterocycles. The first-order chi connectivity index (χ1) is 11.0. The molecule has 6 fully saturated rings. The van der Waals surface area contributed by atoms with Crippen LogP contribution in [0.25, 0.3) is 0 Å². The number of hydrogen-bond donors (Lipinski definition) is 3. The van der Waals surface area contributed by atoms with Crippen molar-refractivity contribution in [1.82, 2.24) is 12.4 Å². The molecule has 6 unspecified atom stereocenters. The molecule has 0 aromatic heterocycles. The Hall–Kier alpha value is 0.320. The van der Waals surface area contributed by atoms with Crippen molar-refractivity contribution < 1.29 is 35.5 Å². The van der Waals surface area contributed by atoms with Crippen molar-refractivity contribution in [2.24, 2.45) is 23.7 Å². The molecule has 6 nitrogen and oxygen atoms in total. The number of carbonyl (C=O) groups is 2. The normalized spacial score (nSPS) is 45.7. The van der Waals surface area contributed by atoms with E-state index in [9.17, 15) is 9.59 Å². The fourth-order valence-corrected chi connectivity index (χ4v) is 15.4. The Labute approximate surface area is 154 Å². The zero-order chi connectivity index (χ0) is 16.0. The van der Waals surface area contributed by atoms with Crippen molar-refractivity contribution >= 4 is 32.2 Å². The van der Waals surface area contributed by atoms with Crippen LogP contribution in [0, 0.1) is 23.7 Å². The summed E-state index contributed by atoms with van der Waals surface area (Å²) >= 11 is -1.32. The number of fused-ring (bicyclic) bond motifs is 3. The molecule has 3 N–H and O–H groups in total. The molecule has 0 spiro atoms. The molecule has 3 heterocycles. The molecule has 3 saturated carbocycles. The predicted octanol–water partition coefficient (Wildman–Crippen LogP) is -2.64. The van der Waals surface area contributed by atoms with Gasteiger partial charge in [-0.25, -0.2) is 0 Å². The van der Waals surface area contributed by atoms with Crippen LogP contribution in [0.3, 0.4) is 0 Å². The van der Waals surface area contributed by atoms with E-state index in [0.29, 0.717) is 24.4 Å². The number of esters is 1. The summed E-state index contributed by atoms with van der Waals surface area (Å²) in [5, 5.41) is 3.41. The first kappa shape index (κ1) is 15.6. The molecule has 6 aliphatic rings. The van der Waals surface area contributed by atoms with Gasteiger partial charge in [0.2, 0.25) is 0 Å². The average molecular weight is 546 g/mol. The molecule has 0 aromatic rings. The van der Waals surface area contributed by atoms with E-state index < -0.39 is 20.4 Å². The second-order valence-electron chi connectivity index (χ2n) is 7.46. The predicted molar refractivity (Wildman–Crippen MR) is 88.1 cm³/mol. The molecule has 8 heteroatoms. The van der Waals surface area contributed by atoms with Crippen LogP contribution in [0.5, 0.6) is 0 Å². The molecule has 0 aromatic carbocycles. The van der Waals surface area contributed by atoms with Gasteiger partial charge in [0.15, 0.2) is 0 Å². The Balaban J connectivity index is 1.34. The van der Waals surface area contributed by atoms with Crippen LogP contribution in [-0.4, -0.2) is 36.5 Å². The van der Waals surface area contributed by atoms with Crippen LogP contribution in [0.15, 0.2) is 0 Å². The third-order valence-electron chi connectivity index (χ3n) is 6.58. The third-order valence-corrected chi connectivity index (χ3v) is 15.9. The van der Waals surface area contributed by atoms with Crippen molar-refractivity contribution in [2.45, 2.75) is 39.3 Å². The first-order valence-electron chi connectivity index (χ1n) is 8.24. The van der Waals surface area contributed by atoms with E-state index in [0.717, 1.165) is 19.3 Å². The summed E-state index contributed by atoms with van der Waals surface area (Å²) in [5.41, 5.74) is 0. The molecule has 3 aliphatic heterocycles. The number of hydrogen-bond acceptors (Lipinski definition) is 5. The van der Waals surface area contributed by atoms with Crippen LogP contribution in [-0.2, 0) is 14.3 Å². The summed E-state index contributed by atoms with van der Waals surface area (Å²) in [6.45, 7) is 2.71. The zero-order valence-electron chi connectivity index (χ0n) is 13.2. The summed E-state index contributed by atoms with van der Waals surface area (Å²) in [6, 6.07) is 0.239.